The Bertz CT molecular complexity index is 836. The highest BCUT2D eigenvalue weighted by molar-refractivity contribution is 6.52. The molecule has 4 nitrogen and oxygen atoms in total. The average Bonchev–Trinajstić information content (AvgIpc) is 2.77. The van der Waals surface area contributed by atoms with Crippen LogP contribution in [0.1, 0.15) is 27.6 Å². The van der Waals surface area contributed by atoms with Gasteiger partial charge in [-0.3, -0.25) is 9.59 Å². The quantitative estimate of drug-likeness (QED) is 0.573. The number of hydrogen-bond donors (Lipinski definition) is 0. The summed E-state index contributed by atoms with van der Waals surface area (Å²) >= 11 is 18.1. The van der Waals surface area contributed by atoms with E-state index in [2.05, 4.69) is 0 Å². The number of nitrogens with zero attached hydrogens (tertiary/aromatic N) is 1. The molecule has 1 heterocycles. The molecule has 0 spiro atoms. The lowest BCUT2D eigenvalue weighted by Gasteiger charge is -2.17. The van der Waals surface area contributed by atoms with Crippen molar-refractivity contribution in [2.75, 3.05) is 11.5 Å². The van der Waals surface area contributed by atoms with Gasteiger partial charge in [0.05, 0.1) is 38.5 Å². The fourth-order valence-corrected chi connectivity index (χ4v) is 3.12. The summed E-state index contributed by atoms with van der Waals surface area (Å²) < 4.78 is 5.49. The van der Waals surface area contributed by atoms with Crippen LogP contribution in [-0.4, -0.2) is 18.4 Å². The van der Waals surface area contributed by atoms with Crippen molar-refractivity contribution in [2.24, 2.45) is 0 Å². The third kappa shape index (κ3) is 2.47. The van der Waals surface area contributed by atoms with Crippen LogP contribution in [0.25, 0.3) is 0 Å². The Hall–Kier alpha value is -1.75. The number of carbonyl (C=O) groups is 2. The van der Waals surface area contributed by atoms with Gasteiger partial charge in [-0.1, -0.05) is 46.9 Å². The third-order valence-electron chi connectivity index (χ3n) is 3.42. The minimum absolute atomic E-state index is 0.0242. The number of fused-ring (bicyclic) bond motifs is 1. The van der Waals surface area contributed by atoms with E-state index in [4.69, 9.17) is 39.5 Å². The molecule has 0 bridgehead atoms. The number of amides is 2. The largest absolute Gasteiger partial charge is 0.492 e. The Balaban J connectivity index is 2.17. The van der Waals surface area contributed by atoms with Gasteiger partial charge >= 0.3 is 0 Å². The number of ether oxygens (including phenoxy) is 1. The molecule has 0 aliphatic carbocycles. The van der Waals surface area contributed by atoms with Crippen molar-refractivity contribution in [3.8, 4) is 5.75 Å². The molecule has 0 N–H and O–H groups in total. The van der Waals surface area contributed by atoms with Gasteiger partial charge in [-0.15, -0.1) is 0 Å². The lowest BCUT2D eigenvalue weighted by Crippen LogP contribution is -2.29. The van der Waals surface area contributed by atoms with Crippen molar-refractivity contribution in [3.05, 3.63) is 56.5 Å². The molecule has 0 radical (unpaired) electrons. The molecular weight excluding hydrogens is 361 g/mol. The van der Waals surface area contributed by atoms with E-state index in [0.29, 0.717) is 18.0 Å². The number of benzene rings is 2. The van der Waals surface area contributed by atoms with E-state index in [1.54, 1.807) is 24.3 Å². The molecule has 0 saturated carbocycles. The fraction of sp³-hybridized carbons (Fsp3) is 0.125. The molecule has 1 aliphatic heterocycles. The van der Waals surface area contributed by atoms with Gasteiger partial charge in [-0.25, -0.2) is 4.90 Å². The summed E-state index contributed by atoms with van der Waals surface area (Å²) in [5.74, 6) is -0.642. The molecule has 3 rings (SSSR count). The number of para-hydroxylation sites is 2. The Kier molecular flexibility index (Phi) is 4.23. The number of hydrogen-bond acceptors (Lipinski definition) is 3. The van der Waals surface area contributed by atoms with Crippen LogP contribution < -0.4 is 9.64 Å². The second-order valence-electron chi connectivity index (χ2n) is 4.76. The first-order chi connectivity index (χ1) is 11.0. The van der Waals surface area contributed by atoms with E-state index in [1.807, 2.05) is 6.92 Å². The van der Waals surface area contributed by atoms with Crippen molar-refractivity contribution in [2.45, 2.75) is 6.92 Å². The van der Waals surface area contributed by atoms with Crippen molar-refractivity contribution in [1.82, 2.24) is 0 Å². The van der Waals surface area contributed by atoms with Crippen LogP contribution in [0.5, 0.6) is 5.75 Å². The lowest BCUT2D eigenvalue weighted by molar-refractivity contribution is 0.0925. The highest BCUT2D eigenvalue weighted by Gasteiger charge is 2.41. The minimum atomic E-state index is -0.555. The van der Waals surface area contributed by atoms with Gasteiger partial charge in [-0.2, -0.15) is 0 Å². The Morgan fingerprint density at radius 2 is 1.74 bits per heavy atom. The molecule has 0 unspecified atom stereocenters. The number of carbonyl (C=O) groups excluding carboxylic acids is 2. The van der Waals surface area contributed by atoms with Crippen LogP contribution in [0, 0.1) is 0 Å². The minimum Gasteiger partial charge on any atom is -0.492 e. The number of halogens is 3. The second-order valence-corrected chi connectivity index (χ2v) is 5.92. The van der Waals surface area contributed by atoms with Crippen molar-refractivity contribution in [1.29, 1.82) is 0 Å². The predicted octanol–water partition coefficient (Wildman–Crippen LogP) is 4.85. The second kappa shape index (κ2) is 6.04. The Morgan fingerprint density at radius 1 is 1.04 bits per heavy atom. The molecule has 118 valence electrons. The molecular formula is C16H10Cl3NO3. The third-order valence-corrected chi connectivity index (χ3v) is 4.68. The molecule has 0 aromatic heterocycles. The van der Waals surface area contributed by atoms with E-state index < -0.39 is 11.8 Å². The number of anilines is 1. The maximum Gasteiger partial charge on any atom is 0.267 e. The molecule has 0 saturated heterocycles. The molecule has 0 fully saturated rings. The molecule has 23 heavy (non-hydrogen) atoms. The summed E-state index contributed by atoms with van der Waals surface area (Å²) in [6, 6.07) is 8.14. The van der Waals surface area contributed by atoms with Crippen molar-refractivity contribution < 1.29 is 14.3 Å². The van der Waals surface area contributed by atoms with E-state index in [-0.39, 0.29) is 26.2 Å². The van der Waals surface area contributed by atoms with E-state index >= 15 is 0 Å². The van der Waals surface area contributed by atoms with Gasteiger partial charge in [0, 0.05) is 0 Å². The Morgan fingerprint density at radius 3 is 2.43 bits per heavy atom. The summed E-state index contributed by atoms with van der Waals surface area (Å²) in [7, 11) is 0. The highest BCUT2D eigenvalue weighted by atomic mass is 35.5. The van der Waals surface area contributed by atoms with Crippen LogP contribution >= 0.6 is 34.8 Å². The highest BCUT2D eigenvalue weighted by Crippen LogP contribution is 2.42. The maximum absolute atomic E-state index is 12.7. The molecule has 2 amide bonds. The molecule has 0 atom stereocenters. The van der Waals surface area contributed by atoms with Gasteiger partial charge in [0.2, 0.25) is 0 Å². The molecule has 2 aromatic rings. The van der Waals surface area contributed by atoms with Gasteiger partial charge in [-0.05, 0) is 25.1 Å². The zero-order valence-electron chi connectivity index (χ0n) is 11.9. The molecule has 2 aromatic carbocycles. The summed E-state index contributed by atoms with van der Waals surface area (Å²) in [5.41, 5.74) is 0.530. The van der Waals surface area contributed by atoms with E-state index in [0.717, 1.165) is 4.90 Å². The normalized spacial score (nSPS) is 13.5. The smallest absolute Gasteiger partial charge is 0.267 e. The number of rotatable bonds is 3. The van der Waals surface area contributed by atoms with Gasteiger partial charge in [0.25, 0.3) is 11.8 Å². The van der Waals surface area contributed by atoms with Gasteiger partial charge < -0.3 is 4.74 Å². The first-order valence-electron chi connectivity index (χ1n) is 6.75. The number of imide groups is 1. The van der Waals surface area contributed by atoms with Crippen molar-refractivity contribution in [3.63, 3.8) is 0 Å². The zero-order valence-corrected chi connectivity index (χ0v) is 14.2. The van der Waals surface area contributed by atoms with Crippen LogP contribution in [0.4, 0.5) is 5.69 Å². The average molecular weight is 371 g/mol. The summed E-state index contributed by atoms with van der Waals surface area (Å²) in [6.07, 6.45) is 0. The van der Waals surface area contributed by atoms with Crippen LogP contribution in [-0.2, 0) is 0 Å². The molecule has 1 aliphatic rings. The maximum atomic E-state index is 12.7. The zero-order chi connectivity index (χ0) is 16.7. The summed E-state index contributed by atoms with van der Waals surface area (Å²) in [6.45, 7) is 2.22. The topological polar surface area (TPSA) is 46.6 Å². The van der Waals surface area contributed by atoms with Crippen LogP contribution in [0.15, 0.2) is 30.3 Å². The van der Waals surface area contributed by atoms with Gasteiger partial charge in [0.15, 0.2) is 0 Å². The fourth-order valence-electron chi connectivity index (χ4n) is 2.44. The Labute approximate surface area is 147 Å². The first-order valence-corrected chi connectivity index (χ1v) is 7.88. The van der Waals surface area contributed by atoms with Crippen LogP contribution in [0.2, 0.25) is 15.1 Å². The monoisotopic (exact) mass is 369 g/mol. The van der Waals surface area contributed by atoms with Crippen molar-refractivity contribution >= 4 is 52.3 Å². The summed E-state index contributed by atoms with van der Waals surface area (Å²) in [4.78, 5) is 26.4. The van der Waals surface area contributed by atoms with Gasteiger partial charge in [0.1, 0.15) is 5.75 Å². The molecule has 7 heteroatoms. The first kappa shape index (κ1) is 16.1. The standard InChI is InChI=1S/C16H10Cl3NO3/c1-2-23-11-6-4-3-5-10(11)20-15(21)8-7-9(17)13(18)14(19)12(8)16(20)22/h3-7H,2H2,1H3. The SMILES string of the molecule is CCOc1ccccc1N1C(=O)c2cc(Cl)c(Cl)c(Cl)c2C1=O. The van der Waals surface area contributed by atoms with E-state index in [1.165, 1.54) is 6.07 Å². The van der Waals surface area contributed by atoms with E-state index in [9.17, 15) is 9.59 Å². The lowest BCUT2D eigenvalue weighted by atomic mass is 10.1. The van der Waals surface area contributed by atoms with Crippen LogP contribution in [0.3, 0.4) is 0 Å². The summed E-state index contributed by atoms with van der Waals surface area (Å²) in [5, 5.41) is 0.147. The predicted molar refractivity (Wildman–Crippen MR) is 90.2 cm³/mol.